The van der Waals surface area contributed by atoms with Crippen LogP contribution in [0.1, 0.15) is 33.3 Å². The van der Waals surface area contributed by atoms with Gasteiger partial charge in [0.2, 0.25) is 0 Å². The Balaban J connectivity index is 2.25. The van der Waals surface area contributed by atoms with Gasteiger partial charge in [0.15, 0.2) is 0 Å². The third-order valence-electron chi connectivity index (χ3n) is 4.33. The van der Waals surface area contributed by atoms with Crippen LogP contribution in [0, 0.1) is 22.2 Å². The van der Waals surface area contributed by atoms with Crippen molar-refractivity contribution >= 4 is 11.5 Å². The van der Waals surface area contributed by atoms with Crippen LogP contribution in [0.25, 0.3) is 0 Å². The standard InChI is InChI=1S/C13H18N4/c1-12(2)11(13(12,3)4)17-10-8(6-14)5-9(15)7-16-10/h5,7,11H,15H2,1-4H3,(H,16,17). The van der Waals surface area contributed by atoms with Gasteiger partial charge in [0.25, 0.3) is 0 Å². The minimum atomic E-state index is 0.211. The van der Waals surface area contributed by atoms with E-state index in [0.717, 1.165) is 0 Å². The molecule has 1 aliphatic carbocycles. The Morgan fingerprint density at radius 1 is 1.35 bits per heavy atom. The zero-order valence-electron chi connectivity index (χ0n) is 10.7. The van der Waals surface area contributed by atoms with Gasteiger partial charge in [-0.1, -0.05) is 27.7 Å². The molecule has 17 heavy (non-hydrogen) atoms. The molecule has 0 saturated heterocycles. The Kier molecular flexibility index (Phi) is 2.32. The first-order valence-electron chi connectivity index (χ1n) is 5.73. The summed E-state index contributed by atoms with van der Waals surface area (Å²) in [5.74, 6) is 0.630. The Morgan fingerprint density at radius 2 is 1.94 bits per heavy atom. The molecule has 1 aromatic rings. The zero-order valence-corrected chi connectivity index (χ0v) is 10.7. The summed E-state index contributed by atoms with van der Waals surface area (Å²) in [6.45, 7) is 8.87. The molecule has 4 nitrogen and oxygen atoms in total. The van der Waals surface area contributed by atoms with Gasteiger partial charge in [-0.15, -0.1) is 0 Å². The van der Waals surface area contributed by atoms with Crippen LogP contribution in [0.4, 0.5) is 11.5 Å². The van der Waals surface area contributed by atoms with E-state index in [9.17, 15) is 0 Å². The van der Waals surface area contributed by atoms with Crippen LogP contribution in [0.5, 0.6) is 0 Å². The summed E-state index contributed by atoms with van der Waals surface area (Å²) in [7, 11) is 0. The quantitative estimate of drug-likeness (QED) is 0.818. The molecule has 0 aliphatic heterocycles. The molecular weight excluding hydrogens is 212 g/mol. The number of pyridine rings is 1. The molecule has 4 heteroatoms. The van der Waals surface area contributed by atoms with E-state index in [2.05, 4.69) is 44.1 Å². The van der Waals surface area contributed by atoms with Gasteiger partial charge in [-0.25, -0.2) is 4.98 Å². The highest BCUT2D eigenvalue weighted by molar-refractivity contribution is 5.59. The molecule has 0 spiro atoms. The molecule has 1 aromatic heterocycles. The topological polar surface area (TPSA) is 74.7 Å². The highest BCUT2D eigenvalue weighted by Crippen LogP contribution is 2.63. The van der Waals surface area contributed by atoms with Crippen molar-refractivity contribution in [3.05, 3.63) is 17.8 Å². The van der Waals surface area contributed by atoms with Gasteiger partial charge in [-0.3, -0.25) is 0 Å². The van der Waals surface area contributed by atoms with E-state index in [1.165, 1.54) is 0 Å². The van der Waals surface area contributed by atoms with Crippen molar-refractivity contribution < 1.29 is 0 Å². The number of hydrogen-bond acceptors (Lipinski definition) is 4. The molecular formula is C13H18N4. The van der Waals surface area contributed by atoms with Gasteiger partial charge in [0, 0.05) is 6.04 Å². The van der Waals surface area contributed by atoms with E-state index in [1.54, 1.807) is 12.3 Å². The molecule has 0 amide bonds. The van der Waals surface area contributed by atoms with Crippen molar-refractivity contribution in [1.82, 2.24) is 4.98 Å². The highest BCUT2D eigenvalue weighted by atomic mass is 15.1. The summed E-state index contributed by atoms with van der Waals surface area (Å²) in [6, 6.07) is 4.10. The molecule has 0 bridgehead atoms. The second-order valence-electron chi connectivity index (χ2n) is 5.80. The van der Waals surface area contributed by atoms with Crippen molar-refractivity contribution in [2.24, 2.45) is 10.8 Å². The fraction of sp³-hybridized carbons (Fsp3) is 0.538. The van der Waals surface area contributed by atoms with Gasteiger partial charge in [0.05, 0.1) is 17.4 Å². The predicted octanol–water partition coefficient (Wildman–Crippen LogP) is 2.38. The second-order valence-corrected chi connectivity index (χ2v) is 5.80. The van der Waals surface area contributed by atoms with Crippen molar-refractivity contribution in [2.45, 2.75) is 33.7 Å². The molecule has 0 atom stereocenters. The van der Waals surface area contributed by atoms with Crippen LogP contribution in [0.2, 0.25) is 0 Å². The normalized spacial score (nSPS) is 20.6. The maximum absolute atomic E-state index is 9.05. The van der Waals surface area contributed by atoms with E-state index >= 15 is 0 Å². The van der Waals surface area contributed by atoms with Gasteiger partial charge in [-0.05, 0) is 16.9 Å². The Hall–Kier alpha value is -1.76. The van der Waals surface area contributed by atoms with E-state index in [0.29, 0.717) is 23.1 Å². The first-order valence-corrected chi connectivity index (χ1v) is 5.73. The van der Waals surface area contributed by atoms with Gasteiger partial charge >= 0.3 is 0 Å². The maximum atomic E-state index is 9.05. The van der Waals surface area contributed by atoms with Gasteiger partial charge in [-0.2, -0.15) is 5.26 Å². The van der Waals surface area contributed by atoms with Crippen molar-refractivity contribution in [1.29, 1.82) is 5.26 Å². The minimum absolute atomic E-state index is 0.211. The lowest BCUT2D eigenvalue weighted by molar-refractivity contribution is 0.457. The Bertz CT molecular complexity index is 483. The summed E-state index contributed by atoms with van der Waals surface area (Å²) in [6.07, 6.45) is 1.57. The summed E-state index contributed by atoms with van der Waals surface area (Å²) < 4.78 is 0. The zero-order chi connectivity index (χ0) is 12.8. The number of nitriles is 1. The third-order valence-corrected chi connectivity index (χ3v) is 4.33. The number of nitrogens with zero attached hydrogens (tertiary/aromatic N) is 2. The van der Waals surface area contributed by atoms with Crippen molar-refractivity contribution in [3.8, 4) is 6.07 Å². The lowest BCUT2D eigenvalue weighted by Crippen LogP contribution is -2.12. The molecule has 2 rings (SSSR count). The average Bonchev–Trinajstić information content (AvgIpc) is 2.63. The van der Waals surface area contributed by atoms with Crippen LogP contribution < -0.4 is 11.1 Å². The SMILES string of the molecule is CC1(C)C(Nc2ncc(N)cc2C#N)C1(C)C. The molecule has 1 aliphatic rings. The second kappa shape index (κ2) is 3.36. The Labute approximate surface area is 102 Å². The van der Waals surface area contributed by atoms with E-state index in [-0.39, 0.29) is 10.8 Å². The Morgan fingerprint density at radius 3 is 2.41 bits per heavy atom. The third kappa shape index (κ3) is 1.62. The molecule has 0 radical (unpaired) electrons. The van der Waals surface area contributed by atoms with Crippen LogP contribution in [-0.4, -0.2) is 11.0 Å². The van der Waals surface area contributed by atoms with Gasteiger partial charge < -0.3 is 11.1 Å². The predicted molar refractivity (Wildman–Crippen MR) is 68.3 cm³/mol. The summed E-state index contributed by atoms with van der Waals surface area (Å²) in [5, 5.41) is 12.4. The van der Waals surface area contributed by atoms with E-state index in [4.69, 9.17) is 11.0 Å². The first kappa shape index (κ1) is 11.7. The lowest BCUT2D eigenvalue weighted by atomic mass is 10.0. The fourth-order valence-corrected chi connectivity index (χ4v) is 2.38. The molecule has 90 valence electrons. The first-order chi connectivity index (χ1) is 7.80. The summed E-state index contributed by atoms with van der Waals surface area (Å²) in [5.41, 5.74) is 7.06. The molecule has 1 heterocycles. The van der Waals surface area contributed by atoms with Crippen LogP contribution in [0.3, 0.4) is 0 Å². The van der Waals surface area contributed by atoms with Gasteiger partial charge in [0.1, 0.15) is 11.9 Å². The minimum Gasteiger partial charge on any atom is -0.397 e. The summed E-state index contributed by atoms with van der Waals surface area (Å²) >= 11 is 0. The smallest absolute Gasteiger partial charge is 0.144 e. The molecule has 3 N–H and O–H groups in total. The number of nitrogen functional groups attached to an aromatic ring is 1. The lowest BCUT2D eigenvalue weighted by Gasteiger charge is -2.09. The number of anilines is 2. The monoisotopic (exact) mass is 230 g/mol. The van der Waals surface area contributed by atoms with Crippen LogP contribution in [-0.2, 0) is 0 Å². The van der Waals surface area contributed by atoms with E-state index in [1.807, 2.05) is 0 Å². The molecule has 1 fully saturated rings. The number of nitrogens with two attached hydrogens (primary N) is 1. The summed E-state index contributed by atoms with van der Waals surface area (Å²) in [4.78, 5) is 4.20. The maximum Gasteiger partial charge on any atom is 0.144 e. The molecule has 0 aromatic carbocycles. The van der Waals surface area contributed by atoms with E-state index < -0.39 is 0 Å². The molecule has 1 saturated carbocycles. The van der Waals surface area contributed by atoms with Crippen molar-refractivity contribution in [2.75, 3.05) is 11.1 Å². The van der Waals surface area contributed by atoms with Crippen LogP contribution in [0.15, 0.2) is 12.3 Å². The molecule has 0 unspecified atom stereocenters. The number of nitrogens with one attached hydrogen (secondary N) is 1. The number of hydrogen-bond donors (Lipinski definition) is 2. The largest absolute Gasteiger partial charge is 0.397 e. The van der Waals surface area contributed by atoms with Crippen molar-refractivity contribution in [3.63, 3.8) is 0 Å². The average molecular weight is 230 g/mol. The number of rotatable bonds is 2. The van der Waals surface area contributed by atoms with Crippen LogP contribution >= 0.6 is 0 Å². The number of aromatic nitrogens is 1. The fourth-order valence-electron chi connectivity index (χ4n) is 2.38. The highest BCUT2D eigenvalue weighted by Gasteiger charge is 2.65.